The number of hydrogen-bond donors (Lipinski definition) is 2. The predicted octanol–water partition coefficient (Wildman–Crippen LogP) is 0.895. The lowest BCUT2D eigenvalue weighted by molar-refractivity contribution is -0.122. The summed E-state index contributed by atoms with van der Waals surface area (Å²) in [4.78, 5) is 23.6. The molecule has 0 spiro atoms. The quantitative estimate of drug-likeness (QED) is 0.832. The van der Waals surface area contributed by atoms with E-state index in [1.54, 1.807) is 6.92 Å². The highest BCUT2D eigenvalue weighted by Crippen LogP contribution is 2.24. The first-order valence-electron chi connectivity index (χ1n) is 6.25. The van der Waals surface area contributed by atoms with Gasteiger partial charge in [0.25, 0.3) is 0 Å². The molecule has 2 atom stereocenters. The van der Waals surface area contributed by atoms with Gasteiger partial charge in [0.15, 0.2) is 5.78 Å². The predicted molar refractivity (Wildman–Crippen MR) is 69.2 cm³/mol. The van der Waals surface area contributed by atoms with Crippen molar-refractivity contribution in [3.8, 4) is 0 Å². The molecule has 4 heteroatoms. The van der Waals surface area contributed by atoms with Crippen LogP contribution in [0.1, 0.15) is 29.3 Å². The second-order valence-electron chi connectivity index (χ2n) is 4.79. The molecule has 96 valence electrons. The Morgan fingerprint density at radius 1 is 1.50 bits per heavy atom. The maximum Gasteiger partial charge on any atom is 0.236 e. The van der Waals surface area contributed by atoms with Crippen molar-refractivity contribution in [3.05, 3.63) is 35.4 Å². The topological polar surface area (TPSA) is 72.2 Å². The number of nitrogens with one attached hydrogen (secondary N) is 1. The Kier molecular flexibility index (Phi) is 3.77. The standard InChI is InChI=1S/C14H18N2O2/c1-9(15)14(18)16-8-11-7-6-10-4-2-3-5-12(10)13(11)17/h2-5,9,11H,6-8,15H2,1H3,(H,16,18). The molecule has 3 N–H and O–H groups in total. The second-order valence-corrected chi connectivity index (χ2v) is 4.79. The minimum absolute atomic E-state index is 0.123. The van der Waals surface area contributed by atoms with Crippen molar-refractivity contribution >= 4 is 11.7 Å². The van der Waals surface area contributed by atoms with Crippen LogP contribution in [0.25, 0.3) is 0 Å². The van der Waals surface area contributed by atoms with Crippen molar-refractivity contribution in [1.29, 1.82) is 0 Å². The lowest BCUT2D eigenvalue weighted by atomic mass is 9.83. The van der Waals surface area contributed by atoms with Crippen LogP contribution in [-0.4, -0.2) is 24.3 Å². The summed E-state index contributed by atoms with van der Waals surface area (Å²) in [5, 5.41) is 2.73. The average Bonchev–Trinajstić information content (AvgIpc) is 2.38. The second kappa shape index (κ2) is 5.31. The van der Waals surface area contributed by atoms with Crippen LogP contribution >= 0.6 is 0 Å². The molecule has 0 heterocycles. The van der Waals surface area contributed by atoms with Gasteiger partial charge in [-0.15, -0.1) is 0 Å². The zero-order valence-electron chi connectivity index (χ0n) is 10.5. The highest BCUT2D eigenvalue weighted by molar-refractivity contribution is 6.00. The van der Waals surface area contributed by atoms with E-state index in [1.807, 2.05) is 24.3 Å². The number of nitrogens with two attached hydrogens (primary N) is 1. The summed E-state index contributed by atoms with van der Waals surface area (Å²) in [6.07, 6.45) is 1.68. The number of fused-ring (bicyclic) bond motifs is 1. The third-order valence-corrected chi connectivity index (χ3v) is 3.35. The van der Waals surface area contributed by atoms with Crippen molar-refractivity contribution in [2.45, 2.75) is 25.8 Å². The van der Waals surface area contributed by atoms with Crippen molar-refractivity contribution in [1.82, 2.24) is 5.32 Å². The maximum absolute atomic E-state index is 12.2. The van der Waals surface area contributed by atoms with E-state index in [0.717, 1.165) is 24.0 Å². The smallest absolute Gasteiger partial charge is 0.236 e. The van der Waals surface area contributed by atoms with E-state index < -0.39 is 6.04 Å². The van der Waals surface area contributed by atoms with E-state index >= 15 is 0 Å². The molecule has 2 rings (SSSR count). The fourth-order valence-corrected chi connectivity index (χ4v) is 2.24. The maximum atomic E-state index is 12.2. The Morgan fingerprint density at radius 2 is 2.22 bits per heavy atom. The van der Waals surface area contributed by atoms with Gasteiger partial charge in [-0.25, -0.2) is 0 Å². The van der Waals surface area contributed by atoms with Crippen LogP contribution in [0.5, 0.6) is 0 Å². The molecule has 0 aliphatic heterocycles. The molecular formula is C14H18N2O2. The van der Waals surface area contributed by atoms with Gasteiger partial charge < -0.3 is 11.1 Å². The van der Waals surface area contributed by atoms with Crippen molar-refractivity contribution in [2.24, 2.45) is 11.7 Å². The van der Waals surface area contributed by atoms with Crippen molar-refractivity contribution < 1.29 is 9.59 Å². The summed E-state index contributed by atoms with van der Waals surface area (Å²) in [5.41, 5.74) is 7.37. The lowest BCUT2D eigenvalue weighted by Crippen LogP contribution is -2.42. The molecule has 0 aromatic heterocycles. The third-order valence-electron chi connectivity index (χ3n) is 3.35. The average molecular weight is 246 g/mol. The van der Waals surface area contributed by atoms with E-state index in [0.29, 0.717) is 6.54 Å². The fourth-order valence-electron chi connectivity index (χ4n) is 2.24. The third kappa shape index (κ3) is 2.59. The number of amides is 1. The summed E-state index contributed by atoms with van der Waals surface area (Å²) < 4.78 is 0. The number of aryl methyl sites for hydroxylation is 1. The highest BCUT2D eigenvalue weighted by atomic mass is 16.2. The number of Topliss-reactive ketones (excluding diaryl/α,β-unsaturated/α-hetero) is 1. The summed E-state index contributed by atoms with van der Waals surface area (Å²) in [5.74, 6) is -0.203. The van der Waals surface area contributed by atoms with Crippen LogP contribution in [0.2, 0.25) is 0 Å². The number of hydrogen-bond acceptors (Lipinski definition) is 3. The molecule has 1 amide bonds. The van der Waals surface area contributed by atoms with E-state index in [2.05, 4.69) is 5.32 Å². The minimum atomic E-state index is -0.532. The molecule has 1 aliphatic carbocycles. The van der Waals surface area contributed by atoms with Crippen LogP contribution in [0.15, 0.2) is 24.3 Å². The number of benzene rings is 1. The van der Waals surface area contributed by atoms with E-state index in [-0.39, 0.29) is 17.6 Å². The first kappa shape index (κ1) is 12.8. The Hall–Kier alpha value is -1.68. The highest BCUT2D eigenvalue weighted by Gasteiger charge is 2.27. The Labute approximate surface area is 107 Å². The molecule has 0 radical (unpaired) electrons. The van der Waals surface area contributed by atoms with Gasteiger partial charge in [0.1, 0.15) is 0 Å². The van der Waals surface area contributed by atoms with Crippen molar-refractivity contribution in [3.63, 3.8) is 0 Å². The number of carbonyl (C=O) groups is 2. The van der Waals surface area contributed by atoms with Gasteiger partial charge in [-0.2, -0.15) is 0 Å². The summed E-state index contributed by atoms with van der Waals surface area (Å²) >= 11 is 0. The van der Waals surface area contributed by atoms with Crippen LogP contribution in [-0.2, 0) is 11.2 Å². The van der Waals surface area contributed by atoms with Gasteiger partial charge in [-0.05, 0) is 25.3 Å². The van der Waals surface area contributed by atoms with Crippen LogP contribution < -0.4 is 11.1 Å². The summed E-state index contributed by atoms with van der Waals surface area (Å²) in [6.45, 7) is 2.01. The zero-order chi connectivity index (χ0) is 13.1. The number of ketones is 1. The Morgan fingerprint density at radius 3 is 2.94 bits per heavy atom. The van der Waals surface area contributed by atoms with Crippen LogP contribution in [0.4, 0.5) is 0 Å². The Bertz CT molecular complexity index is 469. The normalized spacial score (nSPS) is 20.1. The molecule has 0 saturated carbocycles. The largest absolute Gasteiger partial charge is 0.354 e. The molecular weight excluding hydrogens is 228 g/mol. The molecule has 4 nitrogen and oxygen atoms in total. The first-order valence-corrected chi connectivity index (χ1v) is 6.25. The monoisotopic (exact) mass is 246 g/mol. The number of carbonyl (C=O) groups excluding carboxylic acids is 2. The first-order chi connectivity index (χ1) is 8.59. The van der Waals surface area contributed by atoms with Gasteiger partial charge in [0, 0.05) is 18.0 Å². The Balaban J connectivity index is 2.02. The van der Waals surface area contributed by atoms with Gasteiger partial charge >= 0.3 is 0 Å². The molecule has 0 saturated heterocycles. The van der Waals surface area contributed by atoms with E-state index in [1.165, 1.54) is 0 Å². The van der Waals surface area contributed by atoms with E-state index in [4.69, 9.17) is 5.73 Å². The SMILES string of the molecule is CC(N)C(=O)NCC1CCc2ccccc2C1=O. The number of rotatable bonds is 3. The molecule has 0 bridgehead atoms. The summed E-state index contributed by atoms with van der Waals surface area (Å²) in [6, 6.07) is 7.14. The van der Waals surface area contributed by atoms with Crippen molar-refractivity contribution in [2.75, 3.05) is 6.54 Å². The molecule has 1 aliphatic rings. The van der Waals surface area contributed by atoms with Gasteiger partial charge in [0.2, 0.25) is 5.91 Å². The summed E-state index contributed by atoms with van der Waals surface area (Å²) in [7, 11) is 0. The molecule has 2 unspecified atom stereocenters. The minimum Gasteiger partial charge on any atom is -0.354 e. The zero-order valence-corrected chi connectivity index (χ0v) is 10.5. The lowest BCUT2D eigenvalue weighted by Gasteiger charge is -2.23. The van der Waals surface area contributed by atoms with Crippen LogP contribution in [0, 0.1) is 5.92 Å². The van der Waals surface area contributed by atoms with Crippen LogP contribution in [0.3, 0.4) is 0 Å². The molecule has 1 aromatic rings. The molecule has 1 aromatic carbocycles. The van der Waals surface area contributed by atoms with Gasteiger partial charge in [-0.1, -0.05) is 24.3 Å². The van der Waals surface area contributed by atoms with E-state index in [9.17, 15) is 9.59 Å². The van der Waals surface area contributed by atoms with Gasteiger partial charge in [0.05, 0.1) is 6.04 Å². The molecule has 0 fully saturated rings. The molecule has 18 heavy (non-hydrogen) atoms. The van der Waals surface area contributed by atoms with Gasteiger partial charge in [-0.3, -0.25) is 9.59 Å². The fraction of sp³-hybridized carbons (Fsp3) is 0.429.